The van der Waals surface area contributed by atoms with Crippen LogP contribution in [0.25, 0.3) is 0 Å². The maximum absolute atomic E-state index is 12.2. The van der Waals surface area contributed by atoms with Crippen LogP contribution in [0.3, 0.4) is 0 Å². The van der Waals surface area contributed by atoms with Crippen molar-refractivity contribution < 1.29 is 14.5 Å². The number of carbonyl (C=O) groups is 2. The van der Waals surface area contributed by atoms with Gasteiger partial charge in [-0.05, 0) is 29.8 Å². The van der Waals surface area contributed by atoms with Gasteiger partial charge in [0.1, 0.15) is 5.02 Å². The first-order valence-corrected chi connectivity index (χ1v) is 8.64. The van der Waals surface area contributed by atoms with Crippen LogP contribution in [0.4, 0.5) is 11.4 Å². The molecule has 0 aromatic heterocycles. The molecule has 0 unspecified atom stereocenters. The standard InChI is InChI=1S/C18H17ClN4O4/c19-15-6-3-13(9-16(15)23(26)27)18(25)21-10-12-1-4-14(5-2-12)22-8-7-20-17(24)11-22/h1-6,9H,7-8,10-11H2,(H,20,24)(H,21,25). The van der Waals surface area contributed by atoms with E-state index in [1.54, 1.807) is 0 Å². The normalized spacial score (nSPS) is 13.8. The van der Waals surface area contributed by atoms with Gasteiger partial charge in [-0.1, -0.05) is 23.7 Å². The number of hydrogen-bond donors (Lipinski definition) is 2. The van der Waals surface area contributed by atoms with Crippen molar-refractivity contribution in [1.29, 1.82) is 0 Å². The molecule has 0 spiro atoms. The molecule has 0 aliphatic carbocycles. The quantitative estimate of drug-likeness (QED) is 0.603. The number of anilines is 1. The number of carbonyl (C=O) groups excluding carboxylic acids is 2. The van der Waals surface area contributed by atoms with Crippen LogP contribution in [0.1, 0.15) is 15.9 Å². The van der Waals surface area contributed by atoms with E-state index in [0.717, 1.165) is 23.9 Å². The first-order chi connectivity index (χ1) is 12.9. The van der Waals surface area contributed by atoms with Crippen LogP contribution in [0.5, 0.6) is 0 Å². The van der Waals surface area contributed by atoms with Crippen molar-refractivity contribution in [2.45, 2.75) is 6.54 Å². The molecule has 0 bridgehead atoms. The summed E-state index contributed by atoms with van der Waals surface area (Å²) >= 11 is 5.75. The van der Waals surface area contributed by atoms with Crippen molar-refractivity contribution in [3.8, 4) is 0 Å². The van der Waals surface area contributed by atoms with Crippen molar-refractivity contribution in [2.24, 2.45) is 0 Å². The van der Waals surface area contributed by atoms with Crippen LogP contribution in [0, 0.1) is 10.1 Å². The van der Waals surface area contributed by atoms with Gasteiger partial charge in [0.25, 0.3) is 11.6 Å². The van der Waals surface area contributed by atoms with Crippen molar-refractivity contribution in [3.05, 3.63) is 68.7 Å². The Morgan fingerprint density at radius 2 is 2.00 bits per heavy atom. The van der Waals surface area contributed by atoms with Gasteiger partial charge in [0.15, 0.2) is 0 Å². The summed E-state index contributed by atoms with van der Waals surface area (Å²) in [5.74, 6) is -0.429. The molecule has 2 aromatic rings. The van der Waals surface area contributed by atoms with Crippen LogP contribution in [-0.4, -0.2) is 36.4 Å². The zero-order valence-electron chi connectivity index (χ0n) is 14.3. The Morgan fingerprint density at radius 1 is 1.26 bits per heavy atom. The topological polar surface area (TPSA) is 105 Å². The summed E-state index contributed by atoms with van der Waals surface area (Å²) in [5.41, 5.74) is 1.67. The van der Waals surface area contributed by atoms with Crippen LogP contribution in [0.2, 0.25) is 5.02 Å². The molecule has 2 aromatic carbocycles. The molecule has 9 heteroatoms. The summed E-state index contributed by atoms with van der Waals surface area (Å²) in [6, 6.07) is 11.5. The molecule has 2 N–H and O–H groups in total. The number of nitro benzene ring substituents is 1. The molecule has 3 rings (SSSR count). The Hall–Kier alpha value is -3.13. The minimum atomic E-state index is -0.626. The van der Waals surface area contributed by atoms with E-state index >= 15 is 0 Å². The lowest BCUT2D eigenvalue weighted by molar-refractivity contribution is -0.384. The number of benzene rings is 2. The zero-order valence-corrected chi connectivity index (χ0v) is 15.0. The Balaban J connectivity index is 1.61. The second-order valence-corrected chi connectivity index (χ2v) is 6.45. The molecule has 0 atom stereocenters. The monoisotopic (exact) mass is 388 g/mol. The Morgan fingerprint density at radius 3 is 2.67 bits per heavy atom. The van der Waals surface area contributed by atoms with E-state index in [4.69, 9.17) is 11.6 Å². The highest BCUT2D eigenvalue weighted by Gasteiger charge is 2.17. The van der Waals surface area contributed by atoms with Gasteiger partial charge in [-0.3, -0.25) is 19.7 Å². The van der Waals surface area contributed by atoms with E-state index in [1.807, 2.05) is 29.2 Å². The average molecular weight is 389 g/mol. The Labute approximate surface area is 160 Å². The van der Waals surface area contributed by atoms with Gasteiger partial charge >= 0.3 is 0 Å². The van der Waals surface area contributed by atoms with E-state index < -0.39 is 10.8 Å². The molecule has 2 amide bonds. The summed E-state index contributed by atoms with van der Waals surface area (Å²) in [6.45, 7) is 1.96. The molecule has 0 saturated carbocycles. The molecule has 8 nitrogen and oxygen atoms in total. The maximum Gasteiger partial charge on any atom is 0.288 e. The van der Waals surface area contributed by atoms with Crippen molar-refractivity contribution in [1.82, 2.24) is 10.6 Å². The number of rotatable bonds is 5. The fraction of sp³-hybridized carbons (Fsp3) is 0.222. The second-order valence-electron chi connectivity index (χ2n) is 6.04. The van der Waals surface area contributed by atoms with Crippen molar-refractivity contribution in [2.75, 3.05) is 24.5 Å². The van der Waals surface area contributed by atoms with E-state index in [-0.39, 0.29) is 28.7 Å². The SMILES string of the molecule is O=C1CN(c2ccc(CNC(=O)c3ccc(Cl)c([N+](=O)[O-])c3)cc2)CCN1. The Bertz CT molecular complexity index is 885. The minimum absolute atomic E-state index is 0.00496. The number of nitro groups is 1. The summed E-state index contributed by atoms with van der Waals surface area (Å²) in [4.78, 5) is 36.0. The van der Waals surface area contributed by atoms with Gasteiger partial charge in [0.05, 0.1) is 11.5 Å². The highest BCUT2D eigenvalue weighted by atomic mass is 35.5. The van der Waals surface area contributed by atoms with Gasteiger partial charge in [0, 0.05) is 37.0 Å². The zero-order chi connectivity index (χ0) is 19.4. The highest BCUT2D eigenvalue weighted by molar-refractivity contribution is 6.32. The third kappa shape index (κ3) is 4.53. The number of hydrogen-bond acceptors (Lipinski definition) is 5. The van der Waals surface area contributed by atoms with Crippen molar-refractivity contribution >= 4 is 34.8 Å². The highest BCUT2D eigenvalue weighted by Crippen LogP contribution is 2.25. The summed E-state index contributed by atoms with van der Waals surface area (Å²) in [5, 5.41) is 16.4. The van der Waals surface area contributed by atoms with Gasteiger partial charge in [-0.25, -0.2) is 0 Å². The Kier molecular flexibility index (Phi) is 5.56. The maximum atomic E-state index is 12.2. The number of nitrogens with zero attached hydrogens (tertiary/aromatic N) is 2. The fourth-order valence-electron chi connectivity index (χ4n) is 2.76. The molecule has 0 radical (unpaired) electrons. The van der Waals surface area contributed by atoms with Gasteiger partial charge < -0.3 is 15.5 Å². The number of amides is 2. The lowest BCUT2D eigenvalue weighted by atomic mass is 10.1. The predicted molar refractivity (Wildman–Crippen MR) is 101 cm³/mol. The molecule has 140 valence electrons. The largest absolute Gasteiger partial charge is 0.360 e. The third-order valence-corrected chi connectivity index (χ3v) is 4.52. The van der Waals surface area contributed by atoms with E-state index in [2.05, 4.69) is 10.6 Å². The van der Waals surface area contributed by atoms with Gasteiger partial charge in [-0.15, -0.1) is 0 Å². The number of nitrogens with one attached hydrogen (secondary N) is 2. The van der Waals surface area contributed by atoms with E-state index in [1.165, 1.54) is 12.1 Å². The first kappa shape index (κ1) is 18.7. The number of piperazine rings is 1. The predicted octanol–water partition coefficient (Wildman–Crippen LogP) is 2.11. The van der Waals surface area contributed by atoms with Crippen molar-refractivity contribution in [3.63, 3.8) is 0 Å². The van der Waals surface area contributed by atoms with Crippen LogP contribution in [0.15, 0.2) is 42.5 Å². The second kappa shape index (κ2) is 8.05. The molecular weight excluding hydrogens is 372 g/mol. The lowest BCUT2D eigenvalue weighted by Crippen LogP contribution is -2.47. The molecular formula is C18H17ClN4O4. The van der Waals surface area contributed by atoms with E-state index in [0.29, 0.717) is 13.1 Å². The number of halogens is 1. The average Bonchev–Trinajstić information content (AvgIpc) is 2.66. The first-order valence-electron chi connectivity index (χ1n) is 8.27. The van der Waals surface area contributed by atoms with Gasteiger partial charge in [0.2, 0.25) is 5.91 Å². The summed E-state index contributed by atoms with van der Waals surface area (Å²) in [6.07, 6.45) is 0. The molecule has 1 fully saturated rings. The third-order valence-electron chi connectivity index (χ3n) is 4.20. The van der Waals surface area contributed by atoms with Crippen LogP contribution >= 0.6 is 11.6 Å². The molecule has 27 heavy (non-hydrogen) atoms. The summed E-state index contributed by atoms with van der Waals surface area (Å²) in [7, 11) is 0. The summed E-state index contributed by atoms with van der Waals surface area (Å²) < 4.78 is 0. The lowest BCUT2D eigenvalue weighted by Gasteiger charge is -2.28. The van der Waals surface area contributed by atoms with Crippen LogP contribution in [-0.2, 0) is 11.3 Å². The molecule has 1 aliphatic heterocycles. The fourth-order valence-corrected chi connectivity index (χ4v) is 2.95. The molecule has 1 aliphatic rings. The smallest absolute Gasteiger partial charge is 0.288 e. The van der Waals surface area contributed by atoms with Gasteiger partial charge in [-0.2, -0.15) is 0 Å². The molecule has 1 saturated heterocycles. The van der Waals surface area contributed by atoms with E-state index in [9.17, 15) is 19.7 Å². The van der Waals surface area contributed by atoms with Crippen LogP contribution < -0.4 is 15.5 Å². The minimum Gasteiger partial charge on any atom is -0.360 e. The molecule has 1 heterocycles.